The van der Waals surface area contributed by atoms with E-state index >= 15 is 0 Å². The van der Waals surface area contributed by atoms with Crippen molar-refractivity contribution < 1.29 is 5.11 Å². The summed E-state index contributed by atoms with van der Waals surface area (Å²) in [5.74, 6) is 3.03. The Morgan fingerprint density at radius 2 is 2.06 bits per heavy atom. The zero-order valence-corrected chi connectivity index (χ0v) is 12.1. The molecule has 1 aliphatic heterocycles. The third kappa shape index (κ3) is 3.39. The van der Waals surface area contributed by atoms with Gasteiger partial charge in [-0.2, -0.15) is 11.8 Å². The van der Waals surface area contributed by atoms with Gasteiger partial charge in [0, 0.05) is 24.4 Å². The van der Waals surface area contributed by atoms with Gasteiger partial charge < -0.3 is 10.4 Å². The predicted octanol–water partition coefficient (Wildman–Crippen LogP) is 2.66. The lowest BCUT2D eigenvalue weighted by atomic mass is 9.79. The van der Waals surface area contributed by atoms with E-state index in [0.29, 0.717) is 30.0 Å². The quantitative estimate of drug-likeness (QED) is 0.815. The van der Waals surface area contributed by atoms with Gasteiger partial charge in [0.25, 0.3) is 0 Å². The molecule has 0 spiro atoms. The molecule has 1 heterocycles. The molecule has 2 fully saturated rings. The first-order valence-corrected chi connectivity index (χ1v) is 8.23. The molecule has 100 valence electrons. The second-order valence-electron chi connectivity index (χ2n) is 6.37. The van der Waals surface area contributed by atoms with Crippen LogP contribution in [0.1, 0.15) is 46.0 Å². The maximum absolute atomic E-state index is 9.48. The smallest absolute Gasteiger partial charge is 0.0474 e. The van der Waals surface area contributed by atoms with E-state index < -0.39 is 0 Å². The van der Waals surface area contributed by atoms with E-state index in [2.05, 4.69) is 30.9 Å². The monoisotopic (exact) mass is 257 g/mol. The molecule has 3 atom stereocenters. The summed E-state index contributed by atoms with van der Waals surface area (Å²) in [6, 6.07) is 1.18. The molecule has 1 saturated heterocycles. The maximum atomic E-state index is 9.48. The van der Waals surface area contributed by atoms with Crippen LogP contribution in [-0.2, 0) is 0 Å². The number of aliphatic hydroxyl groups excluding tert-OH is 1. The minimum Gasteiger partial charge on any atom is -0.396 e. The van der Waals surface area contributed by atoms with Gasteiger partial charge in [-0.1, -0.05) is 26.7 Å². The van der Waals surface area contributed by atoms with Gasteiger partial charge in [-0.3, -0.25) is 0 Å². The minimum absolute atomic E-state index is 0.359. The predicted molar refractivity (Wildman–Crippen MR) is 75.5 cm³/mol. The van der Waals surface area contributed by atoms with Gasteiger partial charge in [0.15, 0.2) is 0 Å². The molecule has 1 aliphatic carbocycles. The van der Waals surface area contributed by atoms with Crippen molar-refractivity contribution in [1.29, 1.82) is 0 Å². The van der Waals surface area contributed by atoms with Crippen molar-refractivity contribution >= 4 is 11.8 Å². The highest BCUT2D eigenvalue weighted by Gasteiger charge is 2.35. The van der Waals surface area contributed by atoms with Crippen LogP contribution in [0, 0.1) is 11.3 Å². The number of aliphatic hydroxyl groups is 1. The molecule has 0 aromatic heterocycles. The molecule has 1 saturated carbocycles. The fraction of sp³-hybridized carbons (Fsp3) is 1.00. The molecule has 0 bridgehead atoms. The van der Waals surface area contributed by atoms with Crippen LogP contribution in [0.4, 0.5) is 0 Å². The molecule has 3 unspecified atom stereocenters. The van der Waals surface area contributed by atoms with Gasteiger partial charge >= 0.3 is 0 Å². The number of nitrogens with one attached hydrogen (secondary N) is 1. The summed E-state index contributed by atoms with van der Waals surface area (Å²) in [6.45, 7) is 5.14. The largest absolute Gasteiger partial charge is 0.396 e. The summed E-state index contributed by atoms with van der Waals surface area (Å²) < 4.78 is 0. The summed E-state index contributed by atoms with van der Waals surface area (Å²) >= 11 is 2.08. The molecule has 2 aliphatic rings. The summed E-state index contributed by atoms with van der Waals surface area (Å²) in [4.78, 5) is 0. The van der Waals surface area contributed by atoms with Gasteiger partial charge in [-0.15, -0.1) is 0 Å². The first-order valence-electron chi connectivity index (χ1n) is 7.08. The van der Waals surface area contributed by atoms with E-state index in [1.807, 2.05) is 0 Å². The summed E-state index contributed by atoms with van der Waals surface area (Å²) in [7, 11) is 0. The third-order valence-corrected chi connectivity index (χ3v) is 5.74. The highest BCUT2D eigenvalue weighted by Crippen LogP contribution is 2.35. The van der Waals surface area contributed by atoms with Crippen LogP contribution in [0.3, 0.4) is 0 Å². The Bertz CT molecular complexity index is 244. The van der Waals surface area contributed by atoms with Crippen molar-refractivity contribution in [3.8, 4) is 0 Å². The second kappa shape index (κ2) is 5.94. The molecular weight excluding hydrogens is 230 g/mol. The van der Waals surface area contributed by atoms with Gasteiger partial charge in [0.2, 0.25) is 0 Å². The highest BCUT2D eigenvalue weighted by atomic mass is 32.2. The fourth-order valence-corrected chi connectivity index (χ4v) is 4.73. The molecule has 2 N–H and O–H groups in total. The first kappa shape index (κ1) is 13.7. The van der Waals surface area contributed by atoms with E-state index in [4.69, 9.17) is 0 Å². The van der Waals surface area contributed by atoms with Gasteiger partial charge in [0.05, 0.1) is 0 Å². The Labute approximate surface area is 110 Å². The van der Waals surface area contributed by atoms with Crippen LogP contribution in [0.2, 0.25) is 0 Å². The minimum atomic E-state index is 0.359. The number of rotatable bonds is 3. The summed E-state index contributed by atoms with van der Waals surface area (Å²) in [5.41, 5.74) is 0.419. The van der Waals surface area contributed by atoms with Crippen LogP contribution in [0.5, 0.6) is 0 Å². The van der Waals surface area contributed by atoms with Crippen molar-refractivity contribution in [1.82, 2.24) is 5.32 Å². The van der Waals surface area contributed by atoms with Crippen molar-refractivity contribution in [2.24, 2.45) is 11.3 Å². The second-order valence-corrected chi connectivity index (χ2v) is 7.52. The maximum Gasteiger partial charge on any atom is 0.0474 e. The molecule has 17 heavy (non-hydrogen) atoms. The fourth-order valence-electron chi connectivity index (χ4n) is 3.11. The van der Waals surface area contributed by atoms with Crippen molar-refractivity contribution in [2.45, 2.75) is 58.0 Å². The summed E-state index contributed by atoms with van der Waals surface area (Å²) in [5, 5.41) is 13.3. The Morgan fingerprint density at radius 3 is 2.76 bits per heavy atom. The van der Waals surface area contributed by atoms with Crippen LogP contribution >= 0.6 is 11.8 Å². The molecule has 0 aromatic carbocycles. The zero-order valence-electron chi connectivity index (χ0n) is 11.2. The molecule has 0 aromatic rings. The average molecular weight is 257 g/mol. The molecule has 0 amide bonds. The molecule has 2 rings (SSSR count). The lowest BCUT2D eigenvalue weighted by Gasteiger charge is -2.43. The van der Waals surface area contributed by atoms with Crippen LogP contribution in [0.15, 0.2) is 0 Å². The van der Waals surface area contributed by atoms with Gasteiger partial charge in [-0.05, 0) is 36.3 Å². The van der Waals surface area contributed by atoms with Gasteiger partial charge in [-0.25, -0.2) is 0 Å². The normalized spacial score (nSPS) is 37.9. The van der Waals surface area contributed by atoms with E-state index in [-0.39, 0.29) is 0 Å². The Hall–Kier alpha value is 0.270. The molecular formula is C14H27NOS. The van der Waals surface area contributed by atoms with Crippen molar-refractivity contribution in [2.75, 3.05) is 18.1 Å². The highest BCUT2D eigenvalue weighted by molar-refractivity contribution is 7.99. The van der Waals surface area contributed by atoms with Gasteiger partial charge in [0.1, 0.15) is 0 Å². The summed E-state index contributed by atoms with van der Waals surface area (Å²) in [6.07, 6.45) is 6.39. The van der Waals surface area contributed by atoms with Crippen LogP contribution < -0.4 is 5.32 Å². The third-order valence-electron chi connectivity index (χ3n) is 4.68. The SMILES string of the molecule is CC1(C)CCSCC1NC1CCCCC1CO. The Kier molecular flexibility index (Phi) is 4.79. The standard InChI is InChI=1S/C14H27NOS/c1-14(2)7-8-17-10-13(14)15-12-6-4-3-5-11(12)9-16/h11-13,15-16H,3-10H2,1-2H3. The molecule has 0 radical (unpaired) electrons. The van der Waals surface area contributed by atoms with E-state index in [9.17, 15) is 5.11 Å². The van der Waals surface area contributed by atoms with E-state index in [0.717, 1.165) is 0 Å². The topological polar surface area (TPSA) is 32.3 Å². The van der Waals surface area contributed by atoms with E-state index in [1.54, 1.807) is 0 Å². The zero-order chi connectivity index (χ0) is 12.3. The first-order chi connectivity index (χ1) is 8.13. The number of hydrogen-bond acceptors (Lipinski definition) is 3. The van der Waals surface area contributed by atoms with Crippen molar-refractivity contribution in [3.05, 3.63) is 0 Å². The Morgan fingerprint density at radius 1 is 1.29 bits per heavy atom. The van der Waals surface area contributed by atoms with E-state index in [1.165, 1.54) is 43.6 Å². The molecule has 3 heteroatoms. The lowest BCUT2D eigenvalue weighted by Crippen LogP contribution is -2.53. The lowest BCUT2D eigenvalue weighted by molar-refractivity contribution is 0.126. The average Bonchev–Trinajstić information content (AvgIpc) is 2.32. The number of thioether (sulfide) groups is 1. The Balaban J connectivity index is 1.93. The van der Waals surface area contributed by atoms with Crippen LogP contribution in [-0.4, -0.2) is 35.3 Å². The van der Waals surface area contributed by atoms with Crippen molar-refractivity contribution in [3.63, 3.8) is 0 Å². The molecule has 2 nitrogen and oxygen atoms in total. The number of hydrogen-bond donors (Lipinski definition) is 2. The van der Waals surface area contributed by atoms with Crippen LogP contribution in [0.25, 0.3) is 0 Å².